The Morgan fingerprint density at radius 1 is 0.828 bits per heavy atom. The lowest BCUT2D eigenvalue weighted by Crippen LogP contribution is -2.23. The number of benzene rings is 3. The van der Waals surface area contributed by atoms with Crippen LogP contribution in [0.2, 0.25) is 0 Å². The van der Waals surface area contributed by atoms with E-state index in [4.69, 9.17) is 0 Å². The van der Waals surface area contributed by atoms with Gasteiger partial charge in [-0.25, -0.2) is 0 Å². The Hall–Kier alpha value is -2.08. The molecule has 1 unspecified atom stereocenters. The molecule has 0 nitrogen and oxygen atoms in total. The molecule has 3 aromatic rings. The summed E-state index contributed by atoms with van der Waals surface area (Å²) in [6.45, 7) is 16.4. The van der Waals surface area contributed by atoms with E-state index in [9.17, 15) is 0 Å². The van der Waals surface area contributed by atoms with Crippen molar-refractivity contribution >= 4 is 10.8 Å². The summed E-state index contributed by atoms with van der Waals surface area (Å²) in [5, 5.41) is 2.98. The molecule has 1 atom stereocenters. The molecular formula is C29H34. The van der Waals surface area contributed by atoms with Crippen LogP contribution in [0.5, 0.6) is 0 Å². The summed E-state index contributed by atoms with van der Waals surface area (Å²) in [6.07, 6.45) is 3.82. The molecule has 0 saturated carbocycles. The zero-order valence-corrected chi connectivity index (χ0v) is 19.2. The van der Waals surface area contributed by atoms with Gasteiger partial charge in [0, 0.05) is 5.92 Å². The molecule has 2 aliphatic carbocycles. The Balaban J connectivity index is 1.93. The average molecular weight is 383 g/mol. The number of rotatable bonds is 0. The van der Waals surface area contributed by atoms with Gasteiger partial charge in [-0.05, 0) is 98.4 Å². The van der Waals surface area contributed by atoms with E-state index in [2.05, 4.69) is 84.9 Å². The van der Waals surface area contributed by atoms with Crippen molar-refractivity contribution in [3.8, 4) is 11.1 Å². The van der Waals surface area contributed by atoms with E-state index in [0.717, 1.165) is 0 Å². The molecule has 5 rings (SSSR count). The van der Waals surface area contributed by atoms with Crippen molar-refractivity contribution in [1.82, 2.24) is 0 Å². The van der Waals surface area contributed by atoms with Gasteiger partial charge in [-0.1, -0.05) is 71.9 Å². The predicted octanol–water partition coefficient (Wildman–Crippen LogP) is 8.19. The fourth-order valence-electron chi connectivity index (χ4n) is 5.80. The summed E-state index contributed by atoms with van der Waals surface area (Å²) in [6, 6.07) is 14.7. The minimum Gasteiger partial charge on any atom is -0.0584 e. The van der Waals surface area contributed by atoms with Gasteiger partial charge in [-0.2, -0.15) is 0 Å². The second-order valence-corrected chi connectivity index (χ2v) is 11.4. The van der Waals surface area contributed by atoms with Gasteiger partial charge >= 0.3 is 0 Å². The maximum Gasteiger partial charge on any atom is 0.0105 e. The molecule has 0 spiro atoms. The molecule has 3 aromatic carbocycles. The summed E-state index contributed by atoms with van der Waals surface area (Å²) < 4.78 is 0. The Morgan fingerprint density at radius 3 is 2.28 bits per heavy atom. The molecular weight excluding hydrogens is 348 g/mol. The van der Waals surface area contributed by atoms with Gasteiger partial charge in [0.05, 0.1) is 0 Å². The Bertz CT molecular complexity index is 1150. The topological polar surface area (TPSA) is 0 Å². The summed E-state index contributed by atoms with van der Waals surface area (Å²) in [5.41, 5.74) is 12.6. The first-order valence-corrected chi connectivity index (χ1v) is 11.3. The first-order chi connectivity index (χ1) is 13.6. The highest BCUT2D eigenvalue weighted by Gasteiger charge is 2.35. The molecule has 0 N–H and O–H groups in total. The zero-order chi connectivity index (χ0) is 20.7. The van der Waals surface area contributed by atoms with Crippen molar-refractivity contribution in [3.05, 3.63) is 69.8 Å². The van der Waals surface area contributed by atoms with Gasteiger partial charge in [-0.3, -0.25) is 0 Å². The average Bonchev–Trinajstić information content (AvgIpc) is 2.65. The minimum absolute atomic E-state index is 0.148. The van der Waals surface area contributed by atoms with Crippen molar-refractivity contribution in [2.45, 2.75) is 84.5 Å². The molecule has 0 aliphatic heterocycles. The third-order valence-electron chi connectivity index (χ3n) is 7.33. The monoisotopic (exact) mass is 382 g/mol. The lowest BCUT2D eigenvalue weighted by Gasteiger charge is -2.38. The minimum atomic E-state index is 0.148. The van der Waals surface area contributed by atoms with Crippen LogP contribution >= 0.6 is 0 Å². The Morgan fingerprint density at radius 2 is 1.59 bits per heavy atom. The van der Waals surface area contributed by atoms with Crippen molar-refractivity contribution < 1.29 is 0 Å². The van der Waals surface area contributed by atoms with Crippen molar-refractivity contribution in [2.24, 2.45) is 0 Å². The van der Waals surface area contributed by atoms with Crippen molar-refractivity contribution in [1.29, 1.82) is 0 Å². The number of aryl methyl sites for hydroxylation is 1. The van der Waals surface area contributed by atoms with Gasteiger partial charge in [0.15, 0.2) is 0 Å². The van der Waals surface area contributed by atoms with Gasteiger partial charge < -0.3 is 0 Å². The van der Waals surface area contributed by atoms with E-state index in [0.29, 0.717) is 5.92 Å². The normalized spacial score (nSPS) is 18.1. The smallest absolute Gasteiger partial charge is 0.0105 e. The molecule has 0 aromatic heterocycles. The fourth-order valence-corrected chi connectivity index (χ4v) is 5.80. The summed E-state index contributed by atoms with van der Waals surface area (Å²) >= 11 is 0. The first-order valence-electron chi connectivity index (χ1n) is 11.3. The maximum atomic E-state index is 2.50. The van der Waals surface area contributed by atoms with E-state index in [1.807, 2.05) is 0 Å². The number of hydrogen-bond donors (Lipinski definition) is 0. The number of hydrogen-bond acceptors (Lipinski definition) is 0. The highest BCUT2D eigenvalue weighted by atomic mass is 14.4. The molecule has 0 saturated heterocycles. The quantitative estimate of drug-likeness (QED) is 0.367. The molecule has 150 valence electrons. The van der Waals surface area contributed by atoms with Gasteiger partial charge in [0.25, 0.3) is 0 Å². The van der Waals surface area contributed by atoms with Gasteiger partial charge in [0.2, 0.25) is 0 Å². The molecule has 0 heterocycles. The first kappa shape index (κ1) is 18.9. The molecule has 0 bridgehead atoms. The highest BCUT2D eigenvalue weighted by molar-refractivity contribution is 6.05. The fraction of sp³-hybridized carbons (Fsp3) is 0.448. The summed E-state index contributed by atoms with van der Waals surface area (Å²) in [4.78, 5) is 0. The standard InChI is InChI=1S/C29H34/c1-17-11-12-20-19-9-8-10-22-25(29(5,6)7)14-13-21(26(19)22)24-16-18(28(2,3)4)15-23(17)27(20)24/h11-16,19H,8-10H2,1-7H3. The Kier molecular flexibility index (Phi) is 3.90. The van der Waals surface area contributed by atoms with Crippen LogP contribution in [0.25, 0.3) is 21.9 Å². The van der Waals surface area contributed by atoms with Crippen molar-refractivity contribution in [3.63, 3.8) is 0 Å². The SMILES string of the molecule is Cc1ccc2c3c(cc(C(C)(C)C)cc13)-c1ccc(C(C)(C)C)c3c1C2CCC3. The molecule has 2 aliphatic rings. The van der Waals surface area contributed by atoms with E-state index in [-0.39, 0.29) is 10.8 Å². The molecule has 29 heavy (non-hydrogen) atoms. The van der Waals surface area contributed by atoms with Crippen LogP contribution in [0, 0.1) is 6.92 Å². The predicted molar refractivity (Wildman–Crippen MR) is 126 cm³/mol. The van der Waals surface area contributed by atoms with Crippen LogP contribution in [0.1, 0.15) is 93.7 Å². The van der Waals surface area contributed by atoms with E-state index < -0.39 is 0 Å². The van der Waals surface area contributed by atoms with E-state index in [1.165, 1.54) is 52.3 Å². The number of fused-ring (bicyclic) bond motifs is 2. The summed E-state index contributed by atoms with van der Waals surface area (Å²) in [7, 11) is 0. The molecule has 0 heteroatoms. The van der Waals surface area contributed by atoms with Gasteiger partial charge in [-0.15, -0.1) is 0 Å². The Labute approximate surface area is 176 Å². The van der Waals surface area contributed by atoms with Crippen LogP contribution in [-0.4, -0.2) is 0 Å². The highest BCUT2D eigenvalue weighted by Crippen LogP contribution is 2.53. The van der Waals surface area contributed by atoms with Gasteiger partial charge in [0.1, 0.15) is 0 Å². The zero-order valence-electron chi connectivity index (χ0n) is 19.2. The van der Waals surface area contributed by atoms with Crippen LogP contribution in [-0.2, 0) is 17.3 Å². The summed E-state index contributed by atoms with van der Waals surface area (Å²) in [5.74, 6) is 0.562. The van der Waals surface area contributed by atoms with Crippen molar-refractivity contribution in [2.75, 3.05) is 0 Å². The third kappa shape index (κ3) is 2.71. The molecule has 0 amide bonds. The second kappa shape index (κ2) is 5.97. The molecule has 0 radical (unpaired) electrons. The third-order valence-corrected chi connectivity index (χ3v) is 7.33. The molecule has 0 fully saturated rings. The van der Waals surface area contributed by atoms with E-state index >= 15 is 0 Å². The van der Waals surface area contributed by atoms with E-state index in [1.54, 1.807) is 22.3 Å². The van der Waals surface area contributed by atoms with Crippen LogP contribution in [0.3, 0.4) is 0 Å². The van der Waals surface area contributed by atoms with Crippen LogP contribution in [0.15, 0.2) is 36.4 Å². The lowest BCUT2D eigenvalue weighted by molar-refractivity contribution is 0.555. The van der Waals surface area contributed by atoms with Crippen LogP contribution < -0.4 is 0 Å². The lowest BCUT2D eigenvalue weighted by atomic mass is 9.66. The second-order valence-electron chi connectivity index (χ2n) is 11.4. The maximum absolute atomic E-state index is 2.50. The van der Waals surface area contributed by atoms with Crippen LogP contribution in [0.4, 0.5) is 0 Å². The largest absolute Gasteiger partial charge is 0.0584 e.